The van der Waals surface area contributed by atoms with Crippen molar-refractivity contribution in [3.8, 4) is 5.75 Å². The van der Waals surface area contributed by atoms with Crippen molar-refractivity contribution in [3.05, 3.63) is 74.5 Å². The van der Waals surface area contributed by atoms with Crippen LogP contribution in [0.15, 0.2) is 58.4 Å². The molecule has 2 aromatic carbocycles. The van der Waals surface area contributed by atoms with E-state index in [2.05, 4.69) is 10.3 Å². The van der Waals surface area contributed by atoms with Crippen molar-refractivity contribution < 1.29 is 33.4 Å². The zero-order chi connectivity index (χ0) is 29.3. The van der Waals surface area contributed by atoms with Gasteiger partial charge in [0.15, 0.2) is 6.61 Å². The molecular weight excluding hydrogens is 585 g/mol. The number of nitrogens with zero attached hydrogens (tertiary/aromatic N) is 1. The maximum absolute atomic E-state index is 13.3. The first-order valence-corrected chi connectivity index (χ1v) is 15.1. The first-order valence-electron chi connectivity index (χ1n) is 13.4. The highest BCUT2D eigenvalue weighted by atomic mass is 32.2. The standard InChI is InChI=1S/C29H24FN3O7S2/c30-13-4-6-14(7-5-13)31-18(34)11-40-15-3-1-2-12(8-15)20-21-16-9-17(24(21)41-26-25(20)42-29(39)32-26)23-22(16)27(37)33(28(23)38)10-19(35)36/h1-8,16-17,20-24H,9-11H2,(H,31,34)(H,32,39)(H,35,36)/t16?,17?,20-,21?,22?,23?,24?/m1/s1. The largest absolute Gasteiger partial charge is 0.484 e. The summed E-state index contributed by atoms with van der Waals surface area (Å²) in [7, 11) is 0. The lowest BCUT2D eigenvalue weighted by atomic mass is 9.68. The van der Waals surface area contributed by atoms with E-state index < -0.39 is 47.9 Å². The Morgan fingerprint density at radius 2 is 1.81 bits per heavy atom. The highest BCUT2D eigenvalue weighted by molar-refractivity contribution is 8.00. The Morgan fingerprint density at radius 1 is 1.07 bits per heavy atom. The van der Waals surface area contributed by atoms with Crippen molar-refractivity contribution in [2.75, 3.05) is 18.5 Å². The van der Waals surface area contributed by atoms with Crippen molar-refractivity contribution in [2.24, 2.45) is 29.6 Å². The van der Waals surface area contributed by atoms with Crippen LogP contribution >= 0.6 is 23.1 Å². The van der Waals surface area contributed by atoms with E-state index in [1.54, 1.807) is 17.8 Å². The molecule has 3 amide bonds. The fraction of sp³-hybridized carbons (Fsp3) is 0.345. The van der Waals surface area contributed by atoms with Crippen LogP contribution in [0.1, 0.15) is 22.8 Å². The number of ether oxygens (including phenoxy) is 1. The van der Waals surface area contributed by atoms with Crippen molar-refractivity contribution in [3.63, 3.8) is 0 Å². The van der Waals surface area contributed by atoms with E-state index in [0.717, 1.165) is 31.7 Å². The Hall–Kier alpha value is -3.97. The number of aliphatic carboxylic acids is 1. The number of aromatic nitrogens is 1. The third-order valence-corrected chi connectivity index (χ3v) is 11.4. The van der Waals surface area contributed by atoms with Crippen LogP contribution in [0.4, 0.5) is 10.1 Å². The topological polar surface area (TPSA) is 146 Å². The molecule has 1 aromatic heterocycles. The van der Waals surface area contributed by atoms with Crippen LogP contribution in [0.5, 0.6) is 5.75 Å². The number of rotatable bonds is 7. The summed E-state index contributed by atoms with van der Waals surface area (Å²) in [6, 6.07) is 12.7. The molecule has 13 heteroatoms. The van der Waals surface area contributed by atoms with Gasteiger partial charge in [-0.1, -0.05) is 23.5 Å². The third kappa shape index (κ3) is 4.33. The molecule has 0 spiro atoms. The summed E-state index contributed by atoms with van der Waals surface area (Å²) in [5.41, 5.74) is 1.30. The minimum atomic E-state index is -1.23. The third-order valence-electron chi connectivity index (χ3n) is 8.82. The van der Waals surface area contributed by atoms with Crippen LogP contribution in [0.25, 0.3) is 0 Å². The minimum Gasteiger partial charge on any atom is -0.484 e. The molecule has 3 aromatic rings. The molecule has 2 saturated carbocycles. The summed E-state index contributed by atoms with van der Waals surface area (Å²) in [4.78, 5) is 67.4. The zero-order valence-electron chi connectivity index (χ0n) is 21.8. The number of thiazole rings is 1. The minimum absolute atomic E-state index is 0.0356. The maximum Gasteiger partial charge on any atom is 0.323 e. The second kappa shape index (κ2) is 10.1. The molecule has 4 aliphatic rings. The van der Waals surface area contributed by atoms with Crippen LogP contribution < -0.4 is 14.9 Å². The Morgan fingerprint density at radius 3 is 2.55 bits per heavy atom. The van der Waals surface area contributed by atoms with Crippen LogP contribution in [0.2, 0.25) is 0 Å². The number of carbonyl (C=O) groups excluding carboxylic acids is 3. The molecule has 42 heavy (non-hydrogen) atoms. The monoisotopic (exact) mass is 609 g/mol. The van der Waals surface area contributed by atoms with E-state index >= 15 is 0 Å². The Bertz CT molecular complexity index is 1690. The number of anilines is 1. The molecule has 6 unspecified atom stereocenters. The number of aromatic amines is 1. The van der Waals surface area contributed by atoms with Gasteiger partial charge in [0, 0.05) is 21.7 Å². The van der Waals surface area contributed by atoms with E-state index in [9.17, 15) is 33.5 Å². The predicted octanol–water partition coefficient (Wildman–Crippen LogP) is 3.15. The zero-order valence-corrected chi connectivity index (χ0v) is 23.5. The van der Waals surface area contributed by atoms with E-state index in [1.807, 2.05) is 18.2 Å². The fourth-order valence-electron chi connectivity index (χ4n) is 7.42. The molecular formula is C29H24FN3O7S2. The van der Waals surface area contributed by atoms with E-state index in [1.165, 1.54) is 24.3 Å². The number of fused-ring (bicyclic) bond motifs is 9. The molecule has 0 radical (unpaired) electrons. The SMILES string of the molecule is O=C(O)CN1C(=O)C2C3CC(C2C1=O)C1C3Sc2[nH]c(=O)sc2[C@@H]1c1cccc(OCC(=O)Nc2ccc(F)cc2)c1. The first kappa shape index (κ1) is 26.9. The lowest BCUT2D eigenvalue weighted by Gasteiger charge is -2.43. The lowest BCUT2D eigenvalue weighted by molar-refractivity contribution is -0.149. The van der Waals surface area contributed by atoms with Gasteiger partial charge in [0.25, 0.3) is 5.91 Å². The molecule has 216 valence electrons. The van der Waals surface area contributed by atoms with Gasteiger partial charge < -0.3 is 20.1 Å². The Balaban J connectivity index is 1.17. The number of carboxylic acid groups (broad SMARTS) is 1. The molecule has 7 atom stereocenters. The molecule has 1 saturated heterocycles. The van der Waals surface area contributed by atoms with Crippen molar-refractivity contribution >= 4 is 52.5 Å². The summed E-state index contributed by atoms with van der Waals surface area (Å²) < 4.78 is 19.0. The molecule has 3 heterocycles. The number of likely N-dealkylation sites (tertiary alicyclic amines) is 1. The van der Waals surface area contributed by atoms with Crippen molar-refractivity contribution in [1.29, 1.82) is 0 Å². The number of nitrogens with one attached hydrogen (secondary N) is 2. The van der Waals surface area contributed by atoms with Gasteiger partial charge in [-0.2, -0.15) is 0 Å². The van der Waals surface area contributed by atoms with Crippen LogP contribution in [0, 0.1) is 35.4 Å². The summed E-state index contributed by atoms with van der Waals surface area (Å²) in [5, 5.41) is 12.7. The number of amides is 3. The summed E-state index contributed by atoms with van der Waals surface area (Å²) in [6.07, 6.45) is 0.686. The van der Waals surface area contributed by atoms with Gasteiger partial charge in [-0.25, -0.2) is 4.39 Å². The first-order chi connectivity index (χ1) is 20.2. The van der Waals surface area contributed by atoms with Gasteiger partial charge in [-0.3, -0.25) is 28.9 Å². The number of carboxylic acids is 1. The van der Waals surface area contributed by atoms with Gasteiger partial charge in [-0.05, 0) is 66.1 Å². The molecule has 2 aliphatic carbocycles. The van der Waals surface area contributed by atoms with Crippen LogP contribution in [-0.4, -0.2) is 57.1 Å². The maximum atomic E-state index is 13.3. The van der Waals surface area contributed by atoms with E-state index in [0.29, 0.717) is 17.9 Å². The molecule has 10 nitrogen and oxygen atoms in total. The number of carbonyl (C=O) groups is 4. The van der Waals surface area contributed by atoms with Gasteiger partial charge >= 0.3 is 10.8 Å². The van der Waals surface area contributed by atoms with Crippen LogP contribution in [-0.2, 0) is 19.2 Å². The number of imide groups is 1. The van der Waals surface area contributed by atoms with Gasteiger partial charge in [0.05, 0.1) is 16.9 Å². The highest BCUT2D eigenvalue weighted by Gasteiger charge is 2.69. The second-order valence-corrected chi connectivity index (χ2v) is 13.2. The Labute approximate surface area is 246 Å². The summed E-state index contributed by atoms with van der Waals surface area (Å²) >= 11 is 2.67. The number of hydrogen-bond acceptors (Lipinski definition) is 8. The quantitative estimate of drug-likeness (QED) is 0.347. The Kier molecular flexibility index (Phi) is 6.46. The predicted molar refractivity (Wildman–Crippen MR) is 150 cm³/mol. The number of H-pyrrole nitrogens is 1. The average Bonchev–Trinajstić information content (AvgIpc) is 3.69. The molecule has 3 N–H and O–H groups in total. The van der Waals surface area contributed by atoms with E-state index in [4.69, 9.17) is 4.74 Å². The van der Waals surface area contributed by atoms with Crippen LogP contribution in [0.3, 0.4) is 0 Å². The highest BCUT2D eigenvalue weighted by Crippen LogP contribution is 2.68. The molecule has 7 rings (SSSR count). The fourth-order valence-corrected chi connectivity index (χ4v) is 10.3. The lowest BCUT2D eigenvalue weighted by Crippen LogP contribution is -2.42. The van der Waals surface area contributed by atoms with Crippen molar-refractivity contribution in [2.45, 2.75) is 22.6 Å². The number of halogens is 1. The molecule has 2 aliphatic heterocycles. The second-order valence-electron chi connectivity index (χ2n) is 11.0. The molecule has 2 bridgehead atoms. The average molecular weight is 610 g/mol. The van der Waals surface area contributed by atoms with Gasteiger partial charge in [-0.15, -0.1) is 11.8 Å². The normalized spacial score (nSPS) is 28.8. The van der Waals surface area contributed by atoms with Crippen molar-refractivity contribution in [1.82, 2.24) is 9.88 Å². The summed E-state index contributed by atoms with van der Waals surface area (Å²) in [6.45, 7) is -0.911. The number of hydrogen-bond donors (Lipinski definition) is 3. The number of thioether (sulfide) groups is 1. The smallest absolute Gasteiger partial charge is 0.323 e. The molecule has 3 fully saturated rings. The van der Waals surface area contributed by atoms with Gasteiger partial charge in [0.2, 0.25) is 11.8 Å². The summed E-state index contributed by atoms with van der Waals surface area (Å²) in [5.74, 6) is -4.11. The number of benzene rings is 2. The van der Waals surface area contributed by atoms with E-state index in [-0.39, 0.29) is 40.4 Å². The van der Waals surface area contributed by atoms with Gasteiger partial charge in [0.1, 0.15) is 18.1 Å².